The largest absolute Gasteiger partial charge is 0.297 e. The lowest BCUT2D eigenvalue weighted by atomic mass is 10.0. The average molecular weight is 430 g/mol. The van der Waals surface area contributed by atoms with E-state index in [1.807, 2.05) is 17.5 Å². The molecule has 4 aromatic rings. The maximum atomic E-state index is 13.2. The van der Waals surface area contributed by atoms with Crippen LogP contribution in [0.25, 0.3) is 21.3 Å². The van der Waals surface area contributed by atoms with Gasteiger partial charge in [-0.2, -0.15) is 0 Å². The standard InChI is InChI=1S/C24H19N3O3S/c1-2-15-7-9-16(10-8-15)19-13-31-21-20(19)24(30)26(14-25-21)11-12-27-22(28)17-5-3-4-6-18(17)23(27)29/h3-10,13-14H,2,11-12H2,1H3. The molecule has 0 radical (unpaired) electrons. The van der Waals surface area contributed by atoms with Gasteiger partial charge in [-0.05, 0) is 29.7 Å². The molecule has 0 saturated carbocycles. The van der Waals surface area contributed by atoms with Gasteiger partial charge in [0.25, 0.3) is 17.4 Å². The molecule has 0 aliphatic carbocycles. The monoisotopic (exact) mass is 429 g/mol. The second-order valence-electron chi connectivity index (χ2n) is 7.43. The van der Waals surface area contributed by atoms with Crippen LogP contribution in [0.2, 0.25) is 0 Å². The first-order valence-corrected chi connectivity index (χ1v) is 11.0. The number of amides is 2. The number of benzene rings is 2. The molecule has 0 fully saturated rings. The van der Waals surface area contributed by atoms with Gasteiger partial charge in [-0.3, -0.25) is 23.9 Å². The maximum absolute atomic E-state index is 13.2. The van der Waals surface area contributed by atoms with Gasteiger partial charge in [-0.25, -0.2) is 4.98 Å². The van der Waals surface area contributed by atoms with E-state index in [0.717, 1.165) is 17.5 Å². The summed E-state index contributed by atoms with van der Waals surface area (Å²) in [6.45, 7) is 2.41. The first-order chi connectivity index (χ1) is 15.1. The molecular weight excluding hydrogens is 410 g/mol. The van der Waals surface area contributed by atoms with Gasteiger partial charge in [-0.15, -0.1) is 11.3 Å². The maximum Gasteiger partial charge on any atom is 0.262 e. The SMILES string of the molecule is CCc1ccc(-c2csc3ncn(CCN4C(=O)c5ccccc5C4=O)c(=O)c23)cc1. The minimum Gasteiger partial charge on any atom is -0.297 e. The average Bonchev–Trinajstić information content (AvgIpc) is 3.34. The Kier molecular flexibility index (Phi) is 4.75. The third-order valence-electron chi connectivity index (χ3n) is 5.68. The highest BCUT2D eigenvalue weighted by atomic mass is 32.1. The zero-order chi connectivity index (χ0) is 21.5. The zero-order valence-corrected chi connectivity index (χ0v) is 17.7. The molecule has 2 aromatic heterocycles. The number of aryl methyl sites for hydroxylation is 1. The van der Waals surface area contributed by atoms with Gasteiger partial charge in [0.05, 0.1) is 22.8 Å². The molecule has 0 bridgehead atoms. The van der Waals surface area contributed by atoms with Crippen molar-refractivity contribution in [3.05, 3.63) is 87.3 Å². The number of nitrogens with zero attached hydrogens (tertiary/aromatic N) is 3. The van der Waals surface area contributed by atoms with Crippen molar-refractivity contribution in [3.63, 3.8) is 0 Å². The fourth-order valence-electron chi connectivity index (χ4n) is 3.91. The summed E-state index contributed by atoms with van der Waals surface area (Å²) in [4.78, 5) is 44.7. The molecule has 3 heterocycles. The molecule has 7 heteroatoms. The molecule has 0 atom stereocenters. The number of hydrogen-bond acceptors (Lipinski definition) is 5. The van der Waals surface area contributed by atoms with Crippen LogP contribution in [0.5, 0.6) is 0 Å². The molecule has 1 aliphatic heterocycles. The molecule has 1 aliphatic rings. The van der Waals surface area contributed by atoms with E-state index >= 15 is 0 Å². The predicted molar refractivity (Wildman–Crippen MR) is 121 cm³/mol. The molecule has 5 rings (SSSR count). The van der Waals surface area contributed by atoms with E-state index in [2.05, 4.69) is 24.0 Å². The minimum absolute atomic E-state index is 0.115. The third-order valence-corrected chi connectivity index (χ3v) is 6.56. The third kappa shape index (κ3) is 3.18. The van der Waals surface area contributed by atoms with Crippen LogP contribution in [0, 0.1) is 0 Å². The topological polar surface area (TPSA) is 72.3 Å². The van der Waals surface area contributed by atoms with Crippen LogP contribution in [0.3, 0.4) is 0 Å². The van der Waals surface area contributed by atoms with Gasteiger partial charge in [-0.1, -0.05) is 43.3 Å². The molecule has 154 valence electrons. The van der Waals surface area contributed by atoms with Gasteiger partial charge >= 0.3 is 0 Å². The number of imide groups is 1. The van der Waals surface area contributed by atoms with Crippen molar-refractivity contribution < 1.29 is 9.59 Å². The minimum atomic E-state index is -0.324. The molecule has 2 aromatic carbocycles. The van der Waals surface area contributed by atoms with Crippen molar-refractivity contribution in [2.45, 2.75) is 19.9 Å². The van der Waals surface area contributed by atoms with Gasteiger partial charge in [0.1, 0.15) is 4.83 Å². The van der Waals surface area contributed by atoms with Gasteiger partial charge in [0.15, 0.2) is 0 Å². The Balaban J connectivity index is 1.45. The van der Waals surface area contributed by atoms with Crippen LogP contribution < -0.4 is 5.56 Å². The summed E-state index contributed by atoms with van der Waals surface area (Å²) in [6, 6.07) is 15.0. The molecule has 2 amide bonds. The zero-order valence-electron chi connectivity index (χ0n) is 16.9. The van der Waals surface area contributed by atoms with Crippen LogP contribution in [-0.2, 0) is 13.0 Å². The van der Waals surface area contributed by atoms with Crippen molar-refractivity contribution in [3.8, 4) is 11.1 Å². The first-order valence-electron chi connectivity index (χ1n) is 10.1. The molecule has 0 saturated heterocycles. The lowest BCUT2D eigenvalue weighted by molar-refractivity contribution is 0.0648. The Morgan fingerprint density at radius 3 is 2.19 bits per heavy atom. The second kappa shape index (κ2) is 7.59. The number of fused-ring (bicyclic) bond motifs is 2. The van der Waals surface area contributed by atoms with E-state index < -0.39 is 0 Å². The highest BCUT2D eigenvalue weighted by Crippen LogP contribution is 2.31. The Hall–Kier alpha value is -3.58. The smallest absolute Gasteiger partial charge is 0.262 e. The fraction of sp³-hybridized carbons (Fsp3) is 0.167. The summed E-state index contributed by atoms with van der Waals surface area (Å²) in [5.41, 5.74) is 3.71. The van der Waals surface area contributed by atoms with E-state index in [1.165, 1.54) is 32.7 Å². The summed E-state index contributed by atoms with van der Waals surface area (Å²) >= 11 is 1.43. The molecule has 31 heavy (non-hydrogen) atoms. The van der Waals surface area contributed by atoms with Crippen molar-refractivity contribution in [1.29, 1.82) is 0 Å². The Labute approximate surface area is 182 Å². The lowest BCUT2D eigenvalue weighted by Crippen LogP contribution is -2.35. The molecule has 6 nitrogen and oxygen atoms in total. The fourth-order valence-corrected chi connectivity index (χ4v) is 4.82. The van der Waals surface area contributed by atoms with Crippen LogP contribution in [0.15, 0.2) is 65.0 Å². The number of carbonyl (C=O) groups excluding carboxylic acids is 2. The van der Waals surface area contributed by atoms with E-state index in [0.29, 0.717) is 21.3 Å². The predicted octanol–water partition coefficient (Wildman–Crippen LogP) is 3.98. The molecule has 0 spiro atoms. The quantitative estimate of drug-likeness (QED) is 0.450. The van der Waals surface area contributed by atoms with E-state index in [-0.39, 0.29) is 30.5 Å². The van der Waals surface area contributed by atoms with Crippen molar-refractivity contribution in [2.24, 2.45) is 0 Å². The van der Waals surface area contributed by atoms with Crippen LogP contribution in [0.1, 0.15) is 33.2 Å². The normalized spacial score (nSPS) is 13.3. The Bertz CT molecular complexity index is 1350. The van der Waals surface area contributed by atoms with E-state index in [4.69, 9.17) is 0 Å². The number of aromatic nitrogens is 2. The summed E-state index contributed by atoms with van der Waals surface area (Å²) in [6.07, 6.45) is 2.44. The van der Waals surface area contributed by atoms with Crippen molar-refractivity contribution >= 4 is 33.4 Å². The lowest BCUT2D eigenvalue weighted by Gasteiger charge is -2.14. The number of thiophene rings is 1. The highest BCUT2D eigenvalue weighted by molar-refractivity contribution is 7.17. The van der Waals surface area contributed by atoms with Crippen LogP contribution in [-0.4, -0.2) is 32.8 Å². The van der Waals surface area contributed by atoms with E-state index in [9.17, 15) is 14.4 Å². The Morgan fingerprint density at radius 1 is 0.871 bits per heavy atom. The van der Waals surface area contributed by atoms with Crippen LogP contribution in [0.4, 0.5) is 0 Å². The Morgan fingerprint density at radius 2 is 1.55 bits per heavy atom. The van der Waals surface area contributed by atoms with Crippen molar-refractivity contribution in [2.75, 3.05) is 6.54 Å². The van der Waals surface area contributed by atoms with Crippen molar-refractivity contribution in [1.82, 2.24) is 14.5 Å². The van der Waals surface area contributed by atoms with E-state index in [1.54, 1.807) is 24.3 Å². The summed E-state index contributed by atoms with van der Waals surface area (Å²) in [7, 11) is 0. The number of rotatable bonds is 5. The van der Waals surface area contributed by atoms with Gasteiger partial charge in [0.2, 0.25) is 0 Å². The van der Waals surface area contributed by atoms with Gasteiger partial charge in [0, 0.05) is 24.0 Å². The number of carbonyl (C=O) groups is 2. The number of hydrogen-bond donors (Lipinski definition) is 0. The van der Waals surface area contributed by atoms with Crippen LogP contribution >= 0.6 is 11.3 Å². The summed E-state index contributed by atoms with van der Waals surface area (Å²) in [5, 5.41) is 2.52. The highest BCUT2D eigenvalue weighted by Gasteiger charge is 2.34. The summed E-state index contributed by atoms with van der Waals surface area (Å²) < 4.78 is 1.47. The molecular formula is C24H19N3O3S. The summed E-state index contributed by atoms with van der Waals surface area (Å²) in [5.74, 6) is -0.648. The second-order valence-corrected chi connectivity index (χ2v) is 8.29. The molecule has 0 unspecified atom stereocenters. The molecule has 0 N–H and O–H groups in total. The first kappa shape index (κ1) is 19.4. The van der Waals surface area contributed by atoms with Gasteiger partial charge < -0.3 is 0 Å².